The molecule has 10 aromatic rings. The molecule has 8 aromatic carbocycles. The summed E-state index contributed by atoms with van der Waals surface area (Å²) in [6, 6.07) is 56.9. The molecule has 11 rings (SSSR count). The van der Waals surface area contributed by atoms with Gasteiger partial charge in [-0.05, 0) is 75.1 Å². The predicted molar refractivity (Wildman–Crippen MR) is 213 cm³/mol. The van der Waals surface area contributed by atoms with Crippen molar-refractivity contribution in [2.24, 2.45) is 9.98 Å². The first kappa shape index (κ1) is 28.8. The molecule has 0 saturated heterocycles. The van der Waals surface area contributed by atoms with E-state index in [1.54, 1.807) is 0 Å². The Bertz CT molecular complexity index is 3110. The van der Waals surface area contributed by atoms with Crippen molar-refractivity contribution in [3.05, 3.63) is 180 Å². The predicted octanol–water partition coefficient (Wildman–Crippen LogP) is 12.0. The maximum Gasteiger partial charge on any atom is 0.170 e. The number of para-hydroxylation sites is 1. The summed E-state index contributed by atoms with van der Waals surface area (Å²) in [5, 5.41) is 12.6. The standard InChI is InChI=1S/C47H29N3O2/c1-2-11-28(12-3-1)45-48-46(50-47(49-45)38-26-31-13-4-5-14-32(31)33-15-6-7-16-34(33)38)37-18-10-20-42-44(37)39-25-29(22-24-41(39)51-42)30-21-23-36-35-17-8-9-19-40(35)52-43(36)27-30/h1-27,46H,(H,48,49,50). The normalized spacial score (nSPS) is 14.7. The van der Waals surface area contributed by atoms with Gasteiger partial charge in [0.2, 0.25) is 0 Å². The van der Waals surface area contributed by atoms with E-state index >= 15 is 0 Å². The van der Waals surface area contributed by atoms with E-state index in [0.717, 1.165) is 94.1 Å². The molecule has 1 aliphatic rings. The van der Waals surface area contributed by atoms with Crippen LogP contribution in [0.1, 0.15) is 22.9 Å². The van der Waals surface area contributed by atoms with E-state index in [0.29, 0.717) is 0 Å². The van der Waals surface area contributed by atoms with E-state index < -0.39 is 6.17 Å². The summed E-state index contributed by atoms with van der Waals surface area (Å²) in [6.45, 7) is 0. The molecule has 0 aliphatic carbocycles. The van der Waals surface area contributed by atoms with Crippen LogP contribution in [0.25, 0.3) is 76.5 Å². The fraction of sp³-hybridized carbons (Fsp3) is 0.0213. The fourth-order valence-corrected chi connectivity index (χ4v) is 7.87. The number of fused-ring (bicyclic) bond motifs is 9. The van der Waals surface area contributed by atoms with Gasteiger partial charge >= 0.3 is 0 Å². The maximum absolute atomic E-state index is 6.48. The van der Waals surface area contributed by atoms with Gasteiger partial charge in [0.15, 0.2) is 6.17 Å². The topological polar surface area (TPSA) is 63.0 Å². The molecule has 0 radical (unpaired) electrons. The molecule has 1 aliphatic heterocycles. The van der Waals surface area contributed by atoms with Gasteiger partial charge < -0.3 is 14.2 Å². The van der Waals surface area contributed by atoms with Crippen molar-refractivity contribution < 1.29 is 8.83 Å². The lowest BCUT2D eigenvalue weighted by Gasteiger charge is -2.24. The molecule has 1 unspecified atom stereocenters. The van der Waals surface area contributed by atoms with Gasteiger partial charge in [0, 0.05) is 38.2 Å². The zero-order valence-electron chi connectivity index (χ0n) is 27.9. The third-order valence-corrected chi connectivity index (χ3v) is 10.3. The molecule has 3 heterocycles. The number of rotatable bonds is 4. The van der Waals surface area contributed by atoms with E-state index in [-0.39, 0.29) is 0 Å². The van der Waals surface area contributed by atoms with E-state index in [1.165, 1.54) is 10.8 Å². The molecule has 0 spiro atoms. The van der Waals surface area contributed by atoms with Crippen LogP contribution in [0.5, 0.6) is 0 Å². The van der Waals surface area contributed by atoms with Gasteiger partial charge in [0.1, 0.15) is 34.0 Å². The average Bonchev–Trinajstić information content (AvgIpc) is 3.78. The van der Waals surface area contributed by atoms with Crippen molar-refractivity contribution in [1.29, 1.82) is 0 Å². The SMILES string of the molecule is c1ccc(C2=NC(c3cccc4oc5ccc(-c6ccc7c(c6)oc6ccccc67)cc5c34)N=C(c3cc4ccccc4c4ccccc34)N2)cc1. The minimum atomic E-state index is -0.517. The summed E-state index contributed by atoms with van der Waals surface area (Å²) in [5.41, 5.74) is 8.57. The first-order valence-electron chi connectivity index (χ1n) is 17.5. The van der Waals surface area contributed by atoms with Crippen LogP contribution in [0.3, 0.4) is 0 Å². The largest absolute Gasteiger partial charge is 0.456 e. The molecule has 0 saturated carbocycles. The molecule has 244 valence electrons. The number of nitrogens with zero attached hydrogens (tertiary/aromatic N) is 2. The summed E-state index contributed by atoms with van der Waals surface area (Å²) >= 11 is 0. The smallest absolute Gasteiger partial charge is 0.170 e. The number of furan rings is 2. The summed E-state index contributed by atoms with van der Waals surface area (Å²) in [7, 11) is 0. The first-order valence-corrected chi connectivity index (χ1v) is 17.5. The zero-order chi connectivity index (χ0) is 34.2. The number of hydrogen-bond acceptors (Lipinski definition) is 5. The highest BCUT2D eigenvalue weighted by Crippen LogP contribution is 2.40. The van der Waals surface area contributed by atoms with Gasteiger partial charge in [-0.2, -0.15) is 0 Å². The Balaban J connectivity index is 1.11. The van der Waals surface area contributed by atoms with Gasteiger partial charge in [0.05, 0.1) is 0 Å². The second-order valence-electron chi connectivity index (χ2n) is 13.4. The summed E-state index contributed by atoms with van der Waals surface area (Å²) in [5.74, 6) is 1.56. The van der Waals surface area contributed by atoms with Crippen LogP contribution >= 0.6 is 0 Å². The van der Waals surface area contributed by atoms with Crippen molar-refractivity contribution in [2.45, 2.75) is 6.17 Å². The second kappa shape index (κ2) is 11.3. The summed E-state index contributed by atoms with van der Waals surface area (Å²) in [6.07, 6.45) is -0.517. The molecule has 5 nitrogen and oxygen atoms in total. The van der Waals surface area contributed by atoms with Crippen molar-refractivity contribution in [3.8, 4) is 11.1 Å². The lowest BCUT2D eigenvalue weighted by Crippen LogP contribution is -2.36. The number of benzene rings is 8. The molecule has 0 amide bonds. The number of amidine groups is 2. The van der Waals surface area contributed by atoms with Crippen molar-refractivity contribution >= 4 is 77.1 Å². The van der Waals surface area contributed by atoms with Crippen LogP contribution in [-0.4, -0.2) is 11.7 Å². The molecule has 2 aromatic heterocycles. The highest BCUT2D eigenvalue weighted by atomic mass is 16.3. The lowest BCUT2D eigenvalue weighted by molar-refractivity contribution is 0.667. The zero-order valence-corrected chi connectivity index (χ0v) is 27.9. The van der Waals surface area contributed by atoms with Crippen LogP contribution in [-0.2, 0) is 0 Å². The second-order valence-corrected chi connectivity index (χ2v) is 13.4. The van der Waals surface area contributed by atoms with E-state index in [2.05, 4.69) is 121 Å². The molecule has 1 atom stereocenters. The van der Waals surface area contributed by atoms with Crippen molar-refractivity contribution in [3.63, 3.8) is 0 Å². The van der Waals surface area contributed by atoms with Gasteiger partial charge in [-0.25, -0.2) is 9.98 Å². The lowest BCUT2D eigenvalue weighted by atomic mass is 9.96. The van der Waals surface area contributed by atoms with Crippen LogP contribution < -0.4 is 5.32 Å². The van der Waals surface area contributed by atoms with E-state index in [9.17, 15) is 0 Å². The quantitative estimate of drug-likeness (QED) is 0.190. The Hall–Kier alpha value is -6.98. The van der Waals surface area contributed by atoms with Gasteiger partial charge in [-0.1, -0.05) is 121 Å². The Labute approximate surface area is 298 Å². The third kappa shape index (κ3) is 4.49. The van der Waals surface area contributed by atoms with Gasteiger partial charge in [0.25, 0.3) is 0 Å². The molecule has 0 fully saturated rings. The monoisotopic (exact) mass is 667 g/mol. The Morgan fingerprint density at radius 1 is 0.404 bits per heavy atom. The minimum Gasteiger partial charge on any atom is -0.456 e. The Kier molecular flexibility index (Phi) is 6.25. The highest BCUT2D eigenvalue weighted by Gasteiger charge is 2.25. The van der Waals surface area contributed by atoms with Gasteiger partial charge in [-0.15, -0.1) is 0 Å². The Morgan fingerprint density at radius 3 is 1.96 bits per heavy atom. The van der Waals surface area contributed by atoms with Crippen molar-refractivity contribution in [2.75, 3.05) is 0 Å². The third-order valence-electron chi connectivity index (χ3n) is 10.3. The minimum absolute atomic E-state index is 0.517. The van der Waals surface area contributed by atoms with Crippen LogP contribution in [0.15, 0.2) is 183 Å². The number of aliphatic imine (C=N–C) groups is 2. The molecular formula is C47H29N3O2. The molecule has 1 N–H and O–H groups in total. The van der Waals surface area contributed by atoms with E-state index in [4.69, 9.17) is 18.8 Å². The highest BCUT2D eigenvalue weighted by molar-refractivity contribution is 6.24. The van der Waals surface area contributed by atoms with E-state index in [1.807, 2.05) is 48.5 Å². The first-order chi connectivity index (χ1) is 25.7. The van der Waals surface area contributed by atoms with Crippen LogP contribution in [0.4, 0.5) is 0 Å². The molecule has 5 heteroatoms. The van der Waals surface area contributed by atoms with Gasteiger partial charge in [-0.3, -0.25) is 0 Å². The number of hydrogen-bond donors (Lipinski definition) is 1. The maximum atomic E-state index is 6.48. The Morgan fingerprint density at radius 2 is 1.06 bits per heavy atom. The number of nitrogens with one attached hydrogen (secondary N) is 1. The van der Waals surface area contributed by atoms with Crippen LogP contribution in [0, 0.1) is 0 Å². The molecule has 0 bridgehead atoms. The fourth-order valence-electron chi connectivity index (χ4n) is 7.87. The van der Waals surface area contributed by atoms with Crippen LogP contribution in [0.2, 0.25) is 0 Å². The molecule has 52 heavy (non-hydrogen) atoms. The molecular weight excluding hydrogens is 639 g/mol. The van der Waals surface area contributed by atoms with Crippen molar-refractivity contribution in [1.82, 2.24) is 5.32 Å². The summed E-state index contributed by atoms with van der Waals surface area (Å²) in [4.78, 5) is 10.7. The summed E-state index contributed by atoms with van der Waals surface area (Å²) < 4.78 is 12.7. The average molecular weight is 668 g/mol.